The number of sulfonamides is 1. The number of benzene rings is 2. The Morgan fingerprint density at radius 3 is 2.58 bits per heavy atom. The number of amides is 2. The highest BCUT2D eigenvalue weighted by Crippen LogP contribution is 2.40. The Hall–Kier alpha value is -4.43. The molecule has 0 unspecified atom stereocenters. The average molecular weight is 690 g/mol. The third-order valence-corrected chi connectivity index (χ3v) is 11.1. The Balaban J connectivity index is 1.39. The van der Waals surface area contributed by atoms with Crippen molar-refractivity contribution in [2.24, 2.45) is 4.99 Å². The molecule has 12 nitrogen and oxygen atoms in total. The van der Waals surface area contributed by atoms with E-state index in [2.05, 4.69) is 26.4 Å². The number of rotatable bonds is 12. The van der Waals surface area contributed by atoms with Crippen LogP contribution < -0.4 is 4.72 Å². The van der Waals surface area contributed by atoms with Crippen LogP contribution in [0.2, 0.25) is 0 Å². The van der Waals surface area contributed by atoms with Crippen molar-refractivity contribution in [2.45, 2.75) is 89.2 Å². The molecule has 6 rings (SSSR count). The topological polar surface area (TPSA) is 151 Å². The highest BCUT2D eigenvalue weighted by molar-refractivity contribution is 7.92. The predicted octanol–water partition coefficient (Wildman–Crippen LogP) is 6.13. The van der Waals surface area contributed by atoms with Crippen molar-refractivity contribution in [1.82, 2.24) is 24.5 Å². The molecular weight excluding hydrogens is 651 g/mol. The second-order valence-electron chi connectivity index (χ2n) is 12.5. The summed E-state index contributed by atoms with van der Waals surface area (Å²) in [4.78, 5) is 35.6. The summed E-state index contributed by atoms with van der Waals surface area (Å²) in [5.41, 5.74) is 2.81. The lowest BCUT2D eigenvalue weighted by Gasteiger charge is -2.24. The van der Waals surface area contributed by atoms with Crippen molar-refractivity contribution in [3.63, 3.8) is 0 Å². The SMILES string of the molecule is CCCCC1=NC2(CCCC2)C(=O)N1Cc1ccc(-c2ccccc2S(=O)(=O)Nc2noc(C)c2C)c(CN(C)C(=O)c2csnn2)c1. The summed E-state index contributed by atoms with van der Waals surface area (Å²) in [7, 11) is -2.43. The van der Waals surface area contributed by atoms with E-state index < -0.39 is 15.6 Å². The molecule has 4 aromatic rings. The first-order valence-corrected chi connectivity index (χ1v) is 18.4. The van der Waals surface area contributed by atoms with Gasteiger partial charge in [-0.1, -0.05) is 72.2 Å². The lowest BCUT2D eigenvalue weighted by Crippen LogP contribution is -2.40. The van der Waals surface area contributed by atoms with E-state index in [0.29, 0.717) is 34.6 Å². The van der Waals surface area contributed by atoms with Gasteiger partial charge in [0.1, 0.15) is 17.1 Å². The van der Waals surface area contributed by atoms with Crippen molar-refractivity contribution in [2.75, 3.05) is 11.8 Å². The minimum absolute atomic E-state index is 0.0450. The van der Waals surface area contributed by atoms with E-state index >= 15 is 0 Å². The maximum absolute atomic E-state index is 13.9. The minimum Gasteiger partial charge on any atom is -0.359 e. The molecule has 2 aromatic carbocycles. The van der Waals surface area contributed by atoms with Gasteiger partial charge in [-0.25, -0.2) is 8.42 Å². The van der Waals surface area contributed by atoms with Crippen LogP contribution in [-0.2, 0) is 27.9 Å². The maximum atomic E-state index is 13.9. The van der Waals surface area contributed by atoms with Crippen LogP contribution in [0.25, 0.3) is 11.1 Å². The van der Waals surface area contributed by atoms with Gasteiger partial charge in [-0.2, -0.15) is 0 Å². The largest absolute Gasteiger partial charge is 0.359 e. The Bertz CT molecular complexity index is 1960. The minimum atomic E-state index is -4.10. The number of nitrogens with zero attached hydrogens (tertiary/aromatic N) is 6. The zero-order valence-electron chi connectivity index (χ0n) is 27.5. The first-order chi connectivity index (χ1) is 23.0. The van der Waals surface area contributed by atoms with Gasteiger partial charge < -0.3 is 9.42 Å². The van der Waals surface area contributed by atoms with Gasteiger partial charge in [0.05, 0.1) is 11.4 Å². The fraction of sp³-hybridized carbons (Fsp3) is 0.412. The summed E-state index contributed by atoms with van der Waals surface area (Å²) in [6.45, 7) is 6.05. The molecule has 14 heteroatoms. The molecule has 2 amide bonds. The monoisotopic (exact) mass is 689 g/mol. The number of aliphatic imine (C=N–C) groups is 1. The Morgan fingerprint density at radius 2 is 1.90 bits per heavy atom. The Morgan fingerprint density at radius 1 is 1.12 bits per heavy atom. The third kappa shape index (κ3) is 6.50. The zero-order valence-corrected chi connectivity index (χ0v) is 29.2. The summed E-state index contributed by atoms with van der Waals surface area (Å²) in [6.07, 6.45) is 6.19. The Labute approximate surface area is 284 Å². The lowest BCUT2D eigenvalue weighted by molar-refractivity contribution is -0.131. The van der Waals surface area contributed by atoms with Gasteiger partial charge in [0.15, 0.2) is 11.5 Å². The van der Waals surface area contributed by atoms with Crippen LogP contribution >= 0.6 is 11.5 Å². The van der Waals surface area contributed by atoms with Crippen molar-refractivity contribution in [1.29, 1.82) is 0 Å². The summed E-state index contributed by atoms with van der Waals surface area (Å²) in [5, 5.41) is 9.41. The molecule has 3 heterocycles. The summed E-state index contributed by atoms with van der Waals surface area (Å²) in [6, 6.07) is 12.4. The van der Waals surface area contributed by atoms with Crippen LogP contribution in [0.4, 0.5) is 5.82 Å². The molecule has 1 aliphatic heterocycles. The Kier molecular flexibility index (Phi) is 9.48. The van der Waals surface area contributed by atoms with E-state index in [-0.39, 0.29) is 34.8 Å². The van der Waals surface area contributed by atoms with Crippen molar-refractivity contribution in [3.05, 3.63) is 76.0 Å². The fourth-order valence-electron chi connectivity index (χ4n) is 6.42. The normalized spacial score (nSPS) is 15.7. The molecular formula is C34H39N7O5S2. The number of carbonyl (C=O) groups excluding carboxylic acids is 2. The van der Waals surface area contributed by atoms with Crippen LogP contribution in [0.1, 0.15) is 84.8 Å². The predicted molar refractivity (Wildman–Crippen MR) is 183 cm³/mol. The molecule has 0 bridgehead atoms. The van der Waals surface area contributed by atoms with E-state index in [4.69, 9.17) is 9.52 Å². The highest BCUT2D eigenvalue weighted by Gasteiger charge is 2.49. The maximum Gasteiger partial charge on any atom is 0.275 e. The molecule has 252 valence electrons. The van der Waals surface area contributed by atoms with E-state index in [0.717, 1.165) is 67.9 Å². The second kappa shape index (κ2) is 13.6. The van der Waals surface area contributed by atoms with Crippen LogP contribution in [0.3, 0.4) is 0 Å². The lowest BCUT2D eigenvalue weighted by atomic mass is 9.96. The summed E-state index contributed by atoms with van der Waals surface area (Å²) in [5.74, 6) is 1.21. The zero-order chi connectivity index (χ0) is 34.1. The van der Waals surface area contributed by atoms with Crippen LogP contribution in [0.5, 0.6) is 0 Å². The molecule has 2 aliphatic rings. The van der Waals surface area contributed by atoms with Crippen molar-refractivity contribution >= 4 is 45.0 Å². The molecule has 0 atom stereocenters. The number of unbranched alkanes of at least 4 members (excludes halogenated alkanes) is 1. The number of amidine groups is 1. The van der Waals surface area contributed by atoms with E-state index in [1.807, 2.05) is 23.1 Å². The summed E-state index contributed by atoms with van der Waals surface area (Å²) < 4.78 is 39.2. The second-order valence-corrected chi connectivity index (χ2v) is 14.8. The van der Waals surface area contributed by atoms with Gasteiger partial charge >= 0.3 is 0 Å². The molecule has 0 saturated heterocycles. The molecule has 1 spiro atoms. The highest BCUT2D eigenvalue weighted by atomic mass is 32.2. The van der Waals surface area contributed by atoms with Crippen LogP contribution in [-0.4, -0.2) is 63.2 Å². The van der Waals surface area contributed by atoms with Crippen molar-refractivity contribution < 1.29 is 22.5 Å². The van der Waals surface area contributed by atoms with Gasteiger partial charge in [-0.15, -0.1) is 5.10 Å². The average Bonchev–Trinajstić information content (AvgIpc) is 3.89. The number of anilines is 1. The standard InChI is InChI=1S/C34H39N7O5S2/c1-5-6-13-30-35-34(16-9-10-17-34)33(43)41(30)19-24-14-15-26(25(18-24)20-40(4)32(42)28-21-47-39-36-28)27-11-7-8-12-29(27)48(44,45)38-31-22(2)23(3)46-37-31/h7-8,11-12,14-15,18,21H,5-6,9-10,13,16-17,19-20H2,1-4H3,(H,37,38). The molecule has 1 N–H and O–H groups in total. The van der Waals surface area contributed by atoms with Gasteiger partial charge in [0, 0.05) is 36.5 Å². The van der Waals surface area contributed by atoms with Gasteiger partial charge in [-0.3, -0.25) is 24.2 Å². The van der Waals surface area contributed by atoms with Crippen LogP contribution in [0.15, 0.2) is 62.3 Å². The smallest absolute Gasteiger partial charge is 0.275 e. The quantitative estimate of drug-likeness (QED) is 0.187. The van der Waals surface area contributed by atoms with E-state index in [1.165, 1.54) is 11.0 Å². The molecule has 2 aromatic heterocycles. The van der Waals surface area contributed by atoms with Gasteiger partial charge in [-0.05, 0) is 67.4 Å². The first-order valence-electron chi connectivity index (χ1n) is 16.1. The molecule has 48 heavy (non-hydrogen) atoms. The number of hydrogen-bond acceptors (Lipinski definition) is 10. The van der Waals surface area contributed by atoms with Gasteiger partial charge in [0.25, 0.3) is 21.8 Å². The number of nitrogens with one attached hydrogen (secondary N) is 1. The summed E-state index contributed by atoms with van der Waals surface area (Å²) >= 11 is 1.09. The van der Waals surface area contributed by atoms with Gasteiger partial charge in [0.2, 0.25) is 0 Å². The number of hydrogen-bond donors (Lipinski definition) is 1. The molecule has 0 radical (unpaired) electrons. The molecule has 1 aliphatic carbocycles. The molecule has 1 saturated carbocycles. The molecule has 1 fully saturated rings. The number of aryl methyl sites for hydroxylation is 1. The van der Waals surface area contributed by atoms with Crippen LogP contribution in [0, 0.1) is 13.8 Å². The fourth-order valence-corrected chi connectivity index (χ4v) is 8.13. The van der Waals surface area contributed by atoms with E-state index in [1.54, 1.807) is 44.5 Å². The van der Waals surface area contributed by atoms with E-state index in [9.17, 15) is 18.0 Å². The number of aromatic nitrogens is 3. The van der Waals surface area contributed by atoms with Crippen molar-refractivity contribution in [3.8, 4) is 11.1 Å². The first kappa shape index (κ1) is 33.5. The third-order valence-electron chi connectivity index (χ3n) is 9.18. The number of carbonyl (C=O) groups is 2.